The fraction of sp³-hybridized carbons (Fsp3) is 0.417. The lowest BCUT2D eigenvalue weighted by Crippen LogP contribution is -2.47. The van der Waals surface area contributed by atoms with Gasteiger partial charge in [0.2, 0.25) is 0 Å². The largest absolute Gasteiger partial charge is 0.394 e. The molecule has 0 radical (unpaired) electrons. The van der Waals surface area contributed by atoms with Crippen LogP contribution in [0.15, 0.2) is 12.1 Å². The highest BCUT2D eigenvalue weighted by atomic mass is 35.5. The number of nitro benzene ring substituents is 1. The van der Waals surface area contributed by atoms with Crippen molar-refractivity contribution in [3.05, 3.63) is 37.9 Å². The number of carbonyl (C=O) groups excluding carboxylic acids is 1. The van der Waals surface area contributed by atoms with Crippen LogP contribution in [0.3, 0.4) is 0 Å². The lowest BCUT2D eigenvalue weighted by atomic mass is 10.0. The summed E-state index contributed by atoms with van der Waals surface area (Å²) in [6, 6.07) is 2.34. The molecule has 1 aromatic carbocycles. The summed E-state index contributed by atoms with van der Waals surface area (Å²) in [5.41, 5.74) is -1.20. The highest BCUT2D eigenvalue weighted by molar-refractivity contribution is 6.43. The van der Waals surface area contributed by atoms with E-state index in [4.69, 9.17) is 23.2 Å². The monoisotopic (exact) mass is 320 g/mol. The first-order valence-corrected chi connectivity index (χ1v) is 6.40. The summed E-state index contributed by atoms with van der Waals surface area (Å²) in [6.45, 7) is 3.08. The van der Waals surface area contributed by atoms with Gasteiger partial charge in [0.1, 0.15) is 5.02 Å². The van der Waals surface area contributed by atoms with E-state index in [9.17, 15) is 20.0 Å². The number of benzene rings is 1. The number of rotatable bonds is 4. The summed E-state index contributed by atoms with van der Waals surface area (Å²) in [7, 11) is 1.49. The van der Waals surface area contributed by atoms with E-state index in [0.717, 1.165) is 6.07 Å². The van der Waals surface area contributed by atoms with Crippen LogP contribution >= 0.6 is 23.2 Å². The van der Waals surface area contributed by atoms with Gasteiger partial charge in [-0.25, -0.2) is 0 Å². The van der Waals surface area contributed by atoms with E-state index in [1.165, 1.54) is 18.0 Å². The number of aliphatic hydroxyl groups excluding tert-OH is 1. The molecular formula is C12H14Cl2N2O4. The van der Waals surface area contributed by atoms with Crippen molar-refractivity contribution < 1.29 is 14.8 Å². The Bertz CT molecular complexity index is 561. The predicted molar refractivity (Wildman–Crippen MR) is 76.4 cm³/mol. The summed E-state index contributed by atoms with van der Waals surface area (Å²) < 4.78 is 0. The van der Waals surface area contributed by atoms with E-state index in [1.54, 1.807) is 13.8 Å². The van der Waals surface area contributed by atoms with Crippen LogP contribution in [0.2, 0.25) is 10.0 Å². The lowest BCUT2D eigenvalue weighted by molar-refractivity contribution is -0.384. The van der Waals surface area contributed by atoms with Crippen molar-refractivity contribution in [2.75, 3.05) is 13.7 Å². The van der Waals surface area contributed by atoms with Gasteiger partial charge in [-0.3, -0.25) is 14.9 Å². The lowest BCUT2D eigenvalue weighted by Gasteiger charge is -2.34. The van der Waals surface area contributed by atoms with Gasteiger partial charge in [0.05, 0.1) is 22.1 Å². The maximum atomic E-state index is 12.3. The fourth-order valence-electron chi connectivity index (χ4n) is 1.41. The Hall–Kier alpha value is -1.37. The third kappa shape index (κ3) is 3.20. The van der Waals surface area contributed by atoms with Crippen LogP contribution < -0.4 is 0 Å². The molecule has 20 heavy (non-hydrogen) atoms. The van der Waals surface area contributed by atoms with Crippen LogP contribution in [-0.4, -0.2) is 40.0 Å². The average molecular weight is 321 g/mol. The maximum absolute atomic E-state index is 12.3. The third-order valence-corrected chi connectivity index (χ3v) is 3.84. The number of carbonyl (C=O) groups is 1. The van der Waals surface area contributed by atoms with Crippen molar-refractivity contribution >= 4 is 34.8 Å². The molecule has 0 saturated heterocycles. The molecule has 0 fully saturated rings. The quantitative estimate of drug-likeness (QED) is 0.683. The standard InChI is InChI=1S/C12H14Cl2N2O4/c1-12(2,6-17)15(3)11(18)7-4-8(13)10(14)9(5-7)16(19)20/h4-5,17H,6H2,1-3H3. The van der Waals surface area contributed by atoms with Crippen molar-refractivity contribution in [1.29, 1.82) is 0 Å². The highest BCUT2D eigenvalue weighted by Crippen LogP contribution is 2.33. The zero-order chi connectivity index (χ0) is 15.7. The molecule has 0 aliphatic rings. The van der Waals surface area contributed by atoms with Crippen LogP contribution in [0.4, 0.5) is 5.69 Å². The Labute approximate surface area is 126 Å². The topological polar surface area (TPSA) is 83.7 Å². The van der Waals surface area contributed by atoms with Crippen molar-refractivity contribution in [3.63, 3.8) is 0 Å². The van der Waals surface area contributed by atoms with Crippen LogP contribution in [-0.2, 0) is 0 Å². The van der Waals surface area contributed by atoms with Gasteiger partial charge >= 0.3 is 0 Å². The van der Waals surface area contributed by atoms with Gasteiger partial charge in [0, 0.05) is 18.7 Å². The van der Waals surface area contributed by atoms with Crippen LogP contribution in [0.25, 0.3) is 0 Å². The first-order valence-electron chi connectivity index (χ1n) is 5.64. The predicted octanol–water partition coefficient (Wildman–Crippen LogP) is 2.74. The maximum Gasteiger partial charge on any atom is 0.290 e. The van der Waals surface area contributed by atoms with Crippen molar-refractivity contribution in [2.24, 2.45) is 0 Å². The van der Waals surface area contributed by atoms with Crippen LogP contribution in [0.1, 0.15) is 24.2 Å². The van der Waals surface area contributed by atoms with Crippen LogP contribution in [0.5, 0.6) is 0 Å². The average Bonchev–Trinajstić information content (AvgIpc) is 2.39. The van der Waals surface area contributed by atoms with Gasteiger partial charge in [-0.2, -0.15) is 0 Å². The molecule has 0 bridgehead atoms. The number of nitrogens with zero attached hydrogens (tertiary/aromatic N) is 2. The third-order valence-electron chi connectivity index (χ3n) is 3.05. The molecule has 110 valence electrons. The molecule has 0 saturated carbocycles. The van der Waals surface area contributed by atoms with Gasteiger partial charge in [0.25, 0.3) is 11.6 Å². The molecule has 6 nitrogen and oxygen atoms in total. The molecule has 1 aromatic rings. The molecule has 8 heteroatoms. The normalized spacial score (nSPS) is 11.3. The zero-order valence-corrected chi connectivity index (χ0v) is 12.7. The van der Waals surface area contributed by atoms with E-state index in [1.807, 2.05) is 0 Å². The summed E-state index contributed by atoms with van der Waals surface area (Å²) in [6.07, 6.45) is 0. The molecule has 1 amide bonds. The minimum absolute atomic E-state index is 0.0372. The van der Waals surface area contributed by atoms with E-state index in [2.05, 4.69) is 0 Å². The van der Waals surface area contributed by atoms with Crippen LogP contribution in [0, 0.1) is 10.1 Å². The number of amides is 1. The summed E-state index contributed by atoms with van der Waals surface area (Å²) in [5.74, 6) is -0.495. The first-order chi connectivity index (χ1) is 9.11. The molecule has 1 N–H and O–H groups in total. The van der Waals surface area contributed by atoms with Gasteiger partial charge < -0.3 is 10.0 Å². The Kier molecular flexibility index (Phi) is 4.96. The minimum atomic E-state index is -0.808. The second kappa shape index (κ2) is 5.95. The Morgan fingerprint density at radius 2 is 2.00 bits per heavy atom. The molecule has 0 aliphatic heterocycles. The second-order valence-electron chi connectivity index (χ2n) is 4.88. The number of hydrogen-bond acceptors (Lipinski definition) is 4. The van der Waals surface area contributed by atoms with E-state index < -0.39 is 22.1 Å². The fourth-order valence-corrected chi connectivity index (χ4v) is 1.80. The van der Waals surface area contributed by atoms with E-state index >= 15 is 0 Å². The van der Waals surface area contributed by atoms with Gasteiger partial charge in [0.15, 0.2) is 0 Å². The number of aliphatic hydroxyl groups is 1. The number of nitro groups is 1. The van der Waals surface area contributed by atoms with E-state index in [-0.39, 0.29) is 22.2 Å². The Balaban J connectivity index is 3.28. The minimum Gasteiger partial charge on any atom is -0.394 e. The Morgan fingerprint density at radius 1 is 1.45 bits per heavy atom. The number of halogens is 2. The first kappa shape index (κ1) is 16.7. The summed E-state index contributed by atoms with van der Waals surface area (Å²) >= 11 is 11.5. The summed E-state index contributed by atoms with van der Waals surface area (Å²) in [4.78, 5) is 23.7. The smallest absolute Gasteiger partial charge is 0.290 e. The molecule has 0 heterocycles. The summed E-state index contributed by atoms with van der Waals surface area (Å²) in [5, 5.41) is 19.8. The number of likely N-dealkylation sites (N-methyl/N-ethyl adjacent to an activating group) is 1. The molecule has 0 unspecified atom stereocenters. The molecule has 0 aliphatic carbocycles. The molecular weight excluding hydrogens is 307 g/mol. The van der Waals surface area contributed by atoms with Gasteiger partial charge in [-0.15, -0.1) is 0 Å². The van der Waals surface area contributed by atoms with Crippen molar-refractivity contribution in [1.82, 2.24) is 4.90 Å². The Morgan fingerprint density at radius 3 is 2.45 bits per heavy atom. The van der Waals surface area contributed by atoms with Crippen molar-refractivity contribution in [2.45, 2.75) is 19.4 Å². The number of hydrogen-bond donors (Lipinski definition) is 1. The van der Waals surface area contributed by atoms with Gasteiger partial charge in [-0.05, 0) is 19.9 Å². The second-order valence-corrected chi connectivity index (χ2v) is 5.67. The SMILES string of the molecule is CN(C(=O)c1cc(Cl)c(Cl)c([N+](=O)[O-])c1)C(C)(C)CO. The zero-order valence-electron chi connectivity index (χ0n) is 11.2. The molecule has 0 spiro atoms. The molecule has 0 aromatic heterocycles. The molecule has 0 atom stereocenters. The van der Waals surface area contributed by atoms with Crippen molar-refractivity contribution in [3.8, 4) is 0 Å². The van der Waals surface area contributed by atoms with E-state index in [0.29, 0.717) is 0 Å². The highest BCUT2D eigenvalue weighted by Gasteiger charge is 2.29. The van der Waals surface area contributed by atoms with Gasteiger partial charge in [-0.1, -0.05) is 23.2 Å². The molecule has 1 rings (SSSR count).